The number of hydrogen-bond donors (Lipinski definition) is 5. The summed E-state index contributed by atoms with van der Waals surface area (Å²) in [6.07, 6.45) is 1.85. The summed E-state index contributed by atoms with van der Waals surface area (Å²) >= 11 is 0. The van der Waals surface area contributed by atoms with Crippen LogP contribution in [0.3, 0.4) is 0 Å². The third-order valence-corrected chi connectivity index (χ3v) is 9.72. The summed E-state index contributed by atoms with van der Waals surface area (Å²) in [7, 11) is 0. The van der Waals surface area contributed by atoms with E-state index in [4.69, 9.17) is 4.42 Å². The molecule has 0 bridgehead atoms. The van der Waals surface area contributed by atoms with Crippen molar-refractivity contribution in [1.29, 1.82) is 0 Å². The lowest BCUT2D eigenvalue weighted by Crippen LogP contribution is -2.01. The van der Waals surface area contributed by atoms with Gasteiger partial charge in [0.2, 0.25) is 17.2 Å². The van der Waals surface area contributed by atoms with E-state index in [-0.39, 0.29) is 5.56 Å². The van der Waals surface area contributed by atoms with Gasteiger partial charge >= 0.3 is 0 Å². The topological polar surface area (TPSA) is 114 Å². The minimum Gasteiger partial charge on any atom is -0.504 e. The second-order valence-electron chi connectivity index (χ2n) is 12.3. The predicted octanol–water partition coefficient (Wildman–Crippen LogP) is 10.0. The van der Waals surface area contributed by atoms with Crippen LogP contribution in [0.15, 0.2) is 120 Å². The molecule has 0 saturated heterocycles. The largest absolute Gasteiger partial charge is 0.504 e. The van der Waals surface area contributed by atoms with E-state index in [9.17, 15) is 25.5 Å². The molecule has 0 radical (unpaired) electrons. The van der Waals surface area contributed by atoms with Crippen LogP contribution >= 0.6 is 0 Å². The molecule has 9 rings (SSSR count). The molecule has 0 aliphatic heterocycles. The molecule has 7 aromatic carbocycles. The Morgan fingerprint density at radius 1 is 0.396 bits per heavy atom. The highest BCUT2D eigenvalue weighted by Crippen LogP contribution is 2.55. The van der Waals surface area contributed by atoms with Crippen molar-refractivity contribution in [2.75, 3.05) is 0 Å². The molecule has 0 unspecified atom stereocenters. The minimum absolute atomic E-state index is 0.182. The highest BCUT2D eigenvalue weighted by Gasteiger charge is 2.26. The van der Waals surface area contributed by atoms with Gasteiger partial charge in [-0.1, -0.05) is 103 Å². The van der Waals surface area contributed by atoms with E-state index in [1.54, 1.807) is 12.1 Å². The standard InChI is InChI=1S/C42H28O6/c43-38-36(39(44)41(46)42(47)40(38)45)24-15-13-23(14-16-24)34-27-9-3-5-11-29(27)35(30-12-6-4-10-28(30)34)25-18-19-32-31(21-25)37-26-8-2-1-7-22(26)17-20-33(37)48-32/h1-16,18-19,21,43-47H,17,20H2. The number of aryl methyl sites for hydroxylation is 2. The molecule has 48 heavy (non-hydrogen) atoms. The molecule has 1 aliphatic rings. The molecule has 0 atom stereocenters. The Morgan fingerprint density at radius 3 is 1.48 bits per heavy atom. The molecular weight excluding hydrogens is 600 g/mol. The first-order valence-corrected chi connectivity index (χ1v) is 15.8. The molecule has 232 valence electrons. The predicted molar refractivity (Wildman–Crippen MR) is 189 cm³/mol. The van der Waals surface area contributed by atoms with Crippen molar-refractivity contribution in [1.82, 2.24) is 0 Å². The Hall–Kier alpha value is -6.40. The van der Waals surface area contributed by atoms with Gasteiger partial charge in [0.05, 0.1) is 5.56 Å². The van der Waals surface area contributed by atoms with Crippen molar-refractivity contribution < 1.29 is 29.9 Å². The molecule has 6 nitrogen and oxygen atoms in total. The van der Waals surface area contributed by atoms with Crippen LogP contribution in [0.25, 0.3) is 77.0 Å². The van der Waals surface area contributed by atoms with Crippen LogP contribution in [-0.2, 0) is 12.8 Å². The van der Waals surface area contributed by atoms with Crippen molar-refractivity contribution in [3.05, 3.63) is 127 Å². The monoisotopic (exact) mass is 628 g/mol. The zero-order valence-electron chi connectivity index (χ0n) is 25.5. The number of furan rings is 1. The van der Waals surface area contributed by atoms with E-state index in [0.29, 0.717) is 5.56 Å². The van der Waals surface area contributed by atoms with E-state index < -0.39 is 28.7 Å². The van der Waals surface area contributed by atoms with Gasteiger partial charge in [0, 0.05) is 17.4 Å². The number of aromatic hydroxyl groups is 5. The van der Waals surface area contributed by atoms with E-state index >= 15 is 0 Å². The third-order valence-electron chi connectivity index (χ3n) is 9.72. The number of phenolic OH excluding ortho intramolecular Hbond substituents is 5. The van der Waals surface area contributed by atoms with E-state index in [2.05, 4.69) is 78.9 Å². The maximum Gasteiger partial charge on any atom is 0.208 e. The fourth-order valence-electron chi connectivity index (χ4n) is 7.52. The molecule has 0 amide bonds. The molecule has 5 N–H and O–H groups in total. The van der Waals surface area contributed by atoms with Crippen LogP contribution in [0.1, 0.15) is 11.3 Å². The molecular formula is C42H28O6. The van der Waals surface area contributed by atoms with Gasteiger partial charge in [-0.3, -0.25) is 0 Å². The van der Waals surface area contributed by atoms with Gasteiger partial charge in [-0.05, 0) is 79.0 Å². The fourth-order valence-corrected chi connectivity index (χ4v) is 7.52. The average molecular weight is 629 g/mol. The van der Waals surface area contributed by atoms with Crippen LogP contribution in [0.4, 0.5) is 0 Å². The minimum atomic E-state index is -0.986. The van der Waals surface area contributed by atoms with Crippen LogP contribution in [0.2, 0.25) is 0 Å². The van der Waals surface area contributed by atoms with Gasteiger partial charge in [0.1, 0.15) is 11.3 Å². The van der Waals surface area contributed by atoms with Crippen molar-refractivity contribution in [3.63, 3.8) is 0 Å². The molecule has 6 heteroatoms. The summed E-state index contributed by atoms with van der Waals surface area (Å²) < 4.78 is 6.39. The van der Waals surface area contributed by atoms with E-state index in [1.165, 1.54) is 16.7 Å². The first-order valence-electron chi connectivity index (χ1n) is 15.8. The van der Waals surface area contributed by atoms with E-state index in [1.807, 2.05) is 24.3 Å². The normalized spacial score (nSPS) is 12.4. The maximum atomic E-state index is 10.5. The zero-order valence-corrected chi connectivity index (χ0v) is 25.5. The lowest BCUT2D eigenvalue weighted by Gasteiger charge is -2.18. The lowest BCUT2D eigenvalue weighted by atomic mass is 9.84. The summed E-state index contributed by atoms with van der Waals surface area (Å²) in [4.78, 5) is 0. The maximum absolute atomic E-state index is 10.5. The zero-order chi connectivity index (χ0) is 32.7. The second-order valence-corrected chi connectivity index (χ2v) is 12.3. The van der Waals surface area contributed by atoms with Crippen molar-refractivity contribution in [2.45, 2.75) is 12.8 Å². The van der Waals surface area contributed by atoms with Crippen molar-refractivity contribution in [3.8, 4) is 73.3 Å². The second kappa shape index (κ2) is 10.3. The highest BCUT2D eigenvalue weighted by molar-refractivity contribution is 6.22. The number of benzene rings is 7. The molecule has 0 fully saturated rings. The average Bonchev–Trinajstić information content (AvgIpc) is 3.51. The Labute approximate surface area is 274 Å². The molecule has 1 aliphatic carbocycles. The lowest BCUT2D eigenvalue weighted by molar-refractivity contribution is 0.330. The Bertz CT molecular complexity index is 2530. The summed E-state index contributed by atoms with van der Waals surface area (Å²) in [5.41, 5.74) is 8.98. The van der Waals surface area contributed by atoms with Gasteiger partial charge in [0.25, 0.3) is 0 Å². The molecule has 1 heterocycles. The number of rotatable bonds is 3. The quantitative estimate of drug-likeness (QED) is 0.0756. The summed E-state index contributed by atoms with van der Waals surface area (Å²) in [6, 6.07) is 39.0. The Balaban J connectivity index is 1.26. The molecule has 8 aromatic rings. The Morgan fingerprint density at radius 2 is 0.875 bits per heavy atom. The van der Waals surface area contributed by atoms with Gasteiger partial charge in [0.15, 0.2) is 11.5 Å². The first-order chi connectivity index (χ1) is 23.4. The highest BCUT2D eigenvalue weighted by atomic mass is 16.4. The van der Waals surface area contributed by atoms with E-state index in [0.717, 1.165) is 73.4 Å². The number of fused-ring (bicyclic) bond motifs is 7. The molecule has 0 saturated carbocycles. The third kappa shape index (κ3) is 3.93. The van der Waals surface area contributed by atoms with Gasteiger partial charge in [-0.15, -0.1) is 0 Å². The Kier molecular flexibility index (Phi) is 5.98. The summed E-state index contributed by atoms with van der Waals surface area (Å²) in [5, 5.41) is 56.5. The fraction of sp³-hybridized carbons (Fsp3) is 0.0476. The van der Waals surface area contributed by atoms with Crippen LogP contribution in [0.5, 0.6) is 28.7 Å². The molecule has 0 spiro atoms. The van der Waals surface area contributed by atoms with Crippen LogP contribution in [-0.4, -0.2) is 25.5 Å². The van der Waals surface area contributed by atoms with Crippen molar-refractivity contribution >= 4 is 32.5 Å². The summed E-state index contributed by atoms with van der Waals surface area (Å²) in [5.74, 6) is -3.22. The smallest absolute Gasteiger partial charge is 0.208 e. The van der Waals surface area contributed by atoms with Crippen molar-refractivity contribution in [2.24, 2.45) is 0 Å². The van der Waals surface area contributed by atoms with Gasteiger partial charge < -0.3 is 29.9 Å². The van der Waals surface area contributed by atoms with Gasteiger partial charge in [-0.25, -0.2) is 0 Å². The van der Waals surface area contributed by atoms with Gasteiger partial charge in [-0.2, -0.15) is 0 Å². The molecule has 1 aromatic heterocycles. The number of hydrogen-bond acceptors (Lipinski definition) is 6. The summed E-state index contributed by atoms with van der Waals surface area (Å²) in [6.45, 7) is 0. The SMILES string of the molecule is Oc1c(O)c(O)c(-c2ccc(-c3c4ccccc4c(-c4ccc5oc6c(c5c4)-c4ccccc4CC6)c4ccccc34)cc2)c(O)c1O. The first kappa shape index (κ1) is 27.9. The van der Waals surface area contributed by atoms with Crippen LogP contribution < -0.4 is 0 Å². The number of phenols is 5. The van der Waals surface area contributed by atoms with Crippen LogP contribution in [0, 0.1) is 0 Å².